The van der Waals surface area contributed by atoms with E-state index in [-0.39, 0.29) is 17.6 Å². The van der Waals surface area contributed by atoms with E-state index in [2.05, 4.69) is 14.9 Å². The van der Waals surface area contributed by atoms with Gasteiger partial charge in [0.25, 0.3) is 5.56 Å². The summed E-state index contributed by atoms with van der Waals surface area (Å²) in [5, 5.41) is 9.46. The SMILES string of the molecule is CC(C)c1nc(N2CCC(O)CC2)cc(=O)[nH]1. The first-order valence-electron chi connectivity index (χ1n) is 6.10. The van der Waals surface area contributed by atoms with E-state index in [1.54, 1.807) is 0 Å². The Kier molecular flexibility index (Phi) is 3.47. The predicted octanol–water partition coefficient (Wildman–Crippen LogP) is 0.854. The quantitative estimate of drug-likeness (QED) is 0.800. The van der Waals surface area contributed by atoms with E-state index in [9.17, 15) is 9.90 Å². The maximum absolute atomic E-state index is 11.6. The minimum absolute atomic E-state index is 0.107. The highest BCUT2D eigenvalue weighted by Gasteiger charge is 2.19. The average Bonchev–Trinajstić information content (AvgIpc) is 2.29. The van der Waals surface area contributed by atoms with Crippen LogP contribution in [-0.2, 0) is 0 Å². The van der Waals surface area contributed by atoms with Crippen molar-refractivity contribution in [1.82, 2.24) is 9.97 Å². The van der Waals surface area contributed by atoms with Crippen molar-refractivity contribution in [3.63, 3.8) is 0 Å². The molecule has 0 aromatic carbocycles. The summed E-state index contributed by atoms with van der Waals surface area (Å²) in [5.74, 6) is 1.65. The Hall–Kier alpha value is -1.36. The van der Waals surface area contributed by atoms with Gasteiger partial charge in [-0.2, -0.15) is 0 Å². The molecule has 94 valence electrons. The molecule has 1 aromatic heterocycles. The summed E-state index contributed by atoms with van der Waals surface area (Å²) < 4.78 is 0. The largest absolute Gasteiger partial charge is 0.393 e. The van der Waals surface area contributed by atoms with E-state index >= 15 is 0 Å². The predicted molar refractivity (Wildman–Crippen MR) is 66.4 cm³/mol. The molecule has 0 aliphatic carbocycles. The molecule has 5 nitrogen and oxygen atoms in total. The van der Waals surface area contributed by atoms with Crippen LogP contribution in [0, 0.1) is 0 Å². The van der Waals surface area contributed by atoms with Gasteiger partial charge in [0.15, 0.2) is 0 Å². The van der Waals surface area contributed by atoms with E-state index in [1.165, 1.54) is 6.07 Å². The van der Waals surface area contributed by atoms with Crippen LogP contribution in [0.1, 0.15) is 38.4 Å². The second-order valence-electron chi connectivity index (χ2n) is 4.86. The van der Waals surface area contributed by atoms with Crippen LogP contribution >= 0.6 is 0 Å². The monoisotopic (exact) mass is 237 g/mol. The number of nitrogens with zero attached hydrogens (tertiary/aromatic N) is 2. The van der Waals surface area contributed by atoms with Crippen molar-refractivity contribution in [3.05, 3.63) is 22.2 Å². The number of aliphatic hydroxyl groups is 1. The zero-order valence-corrected chi connectivity index (χ0v) is 10.3. The standard InChI is InChI=1S/C12H19N3O2/c1-8(2)12-13-10(7-11(17)14-12)15-5-3-9(16)4-6-15/h7-9,16H,3-6H2,1-2H3,(H,13,14,17). The van der Waals surface area contributed by atoms with E-state index in [4.69, 9.17) is 0 Å². The summed E-state index contributed by atoms with van der Waals surface area (Å²) in [5.41, 5.74) is -0.107. The van der Waals surface area contributed by atoms with Crippen molar-refractivity contribution in [1.29, 1.82) is 0 Å². The number of aromatic amines is 1. The lowest BCUT2D eigenvalue weighted by Crippen LogP contribution is -2.37. The molecule has 0 amide bonds. The summed E-state index contributed by atoms with van der Waals surface area (Å²) in [6.07, 6.45) is 1.27. The highest BCUT2D eigenvalue weighted by molar-refractivity contribution is 5.38. The van der Waals surface area contributed by atoms with E-state index < -0.39 is 0 Å². The van der Waals surface area contributed by atoms with Crippen LogP contribution in [0.3, 0.4) is 0 Å². The Morgan fingerprint density at radius 1 is 1.47 bits per heavy atom. The van der Waals surface area contributed by atoms with Crippen molar-refractivity contribution in [2.75, 3.05) is 18.0 Å². The summed E-state index contributed by atoms with van der Waals surface area (Å²) >= 11 is 0. The smallest absolute Gasteiger partial charge is 0.252 e. The molecule has 0 spiro atoms. The summed E-state index contributed by atoms with van der Waals surface area (Å²) in [7, 11) is 0. The van der Waals surface area contributed by atoms with Gasteiger partial charge in [-0.15, -0.1) is 0 Å². The van der Waals surface area contributed by atoms with Crippen LogP contribution in [-0.4, -0.2) is 34.3 Å². The van der Waals surface area contributed by atoms with Gasteiger partial charge >= 0.3 is 0 Å². The van der Waals surface area contributed by atoms with Gasteiger partial charge in [-0.1, -0.05) is 13.8 Å². The van der Waals surface area contributed by atoms with Gasteiger partial charge in [0.05, 0.1) is 6.10 Å². The van der Waals surface area contributed by atoms with Crippen molar-refractivity contribution in [2.45, 2.75) is 38.7 Å². The molecule has 1 aliphatic heterocycles. The summed E-state index contributed by atoms with van der Waals surface area (Å²) in [4.78, 5) is 20.8. The van der Waals surface area contributed by atoms with Gasteiger partial charge in [0.1, 0.15) is 11.6 Å². The fourth-order valence-electron chi connectivity index (χ4n) is 1.99. The number of nitrogens with one attached hydrogen (secondary N) is 1. The van der Waals surface area contributed by atoms with Gasteiger partial charge < -0.3 is 15.0 Å². The van der Waals surface area contributed by atoms with E-state index in [0.29, 0.717) is 0 Å². The molecule has 2 N–H and O–H groups in total. The molecule has 5 heteroatoms. The third-order valence-electron chi connectivity index (χ3n) is 3.08. The Balaban J connectivity index is 2.23. The van der Waals surface area contributed by atoms with Gasteiger partial charge in [-0.05, 0) is 12.8 Å². The minimum atomic E-state index is -0.210. The Morgan fingerprint density at radius 3 is 2.71 bits per heavy atom. The number of aromatic nitrogens is 2. The van der Waals surface area contributed by atoms with Crippen LogP contribution in [0.5, 0.6) is 0 Å². The van der Waals surface area contributed by atoms with Crippen LogP contribution in [0.15, 0.2) is 10.9 Å². The number of aliphatic hydroxyl groups excluding tert-OH is 1. The highest BCUT2D eigenvalue weighted by atomic mass is 16.3. The third kappa shape index (κ3) is 2.85. The molecule has 0 radical (unpaired) electrons. The van der Waals surface area contributed by atoms with Gasteiger partial charge in [0.2, 0.25) is 0 Å². The third-order valence-corrected chi connectivity index (χ3v) is 3.08. The second kappa shape index (κ2) is 4.87. The fraction of sp³-hybridized carbons (Fsp3) is 0.667. The molecule has 1 saturated heterocycles. The second-order valence-corrected chi connectivity index (χ2v) is 4.86. The van der Waals surface area contributed by atoms with Crippen LogP contribution in [0.4, 0.5) is 5.82 Å². The maximum Gasteiger partial charge on any atom is 0.252 e. The molecule has 2 heterocycles. The van der Waals surface area contributed by atoms with Gasteiger partial charge in [0, 0.05) is 25.1 Å². The van der Waals surface area contributed by atoms with Crippen LogP contribution < -0.4 is 10.5 Å². The van der Waals surface area contributed by atoms with Crippen molar-refractivity contribution < 1.29 is 5.11 Å². The number of rotatable bonds is 2. The average molecular weight is 237 g/mol. The number of hydrogen-bond donors (Lipinski definition) is 2. The first-order valence-corrected chi connectivity index (χ1v) is 6.10. The van der Waals surface area contributed by atoms with Crippen molar-refractivity contribution >= 4 is 5.82 Å². The number of piperidine rings is 1. The topological polar surface area (TPSA) is 69.2 Å². The van der Waals surface area contributed by atoms with Gasteiger partial charge in [-0.25, -0.2) is 4.98 Å². The molecule has 0 unspecified atom stereocenters. The molecule has 0 atom stereocenters. The Morgan fingerprint density at radius 2 is 2.12 bits per heavy atom. The lowest BCUT2D eigenvalue weighted by molar-refractivity contribution is 0.145. The molecule has 1 fully saturated rings. The molecule has 2 rings (SSSR count). The summed E-state index contributed by atoms with van der Waals surface area (Å²) in [6.45, 7) is 5.52. The van der Waals surface area contributed by atoms with Crippen molar-refractivity contribution in [3.8, 4) is 0 Å². The first-order chi connectivity index (χ1) is 8.06. The molecule has 0 saturated carbocycles. The lowest BCUT2D eigenvalue weighted by Gasteiger charge is -2.30. The summed E-state index contributed by atoms with van der Waals surface area (Å²) in [6, 6.07) is 1.53. The zero-order chi connectivity index (χ0) is 12.4. The zero-order valence-electron chi connectivity index (χ0n) is 10.3. The number of hydrogen-bond acceptors (Lipinski definition) is 4. The molecule has 1 aromatic rings. The van der Waals surface area contributed by atoms with Crippen molar-refractivity contribution in [2.24, 2.45) is 0 Å². The fourth-order valence-corrected chi connectivity index (χ4v) is 1.99. The molecular formula is C12H19N3O2. The highest BCUT2D eigenvalue weighted by Crippen LogP contribution is 2.18. The van der Waals surface area contributed by atoms with E-state index in [0.717, 1.165) is 37.6 Å². The Labute approximate surface area is 100 Å². The van der Waals surface area contributed by atoms with Crippen LogP contribution in [0.25, 0.3) is 0 Å². The van der Waals surface area contributed by atoms with Crippen LogP contribution in [0.2, 0.25) is 0 Å². The molecule has 1 aliphatic rings. The normalized spacial score (nSPS) is 17.8. The molecule has 0 bridgehead atoms. The minimum Gasteiger partial charge on any atom is -0.393 e. The Bertz CT molecular complexity index is 434. The lowest BCUT2D eigenvalue weighted by atomic mass is 10.1. The first kappa shape index (κ1) is 12.1. The van der Waals surface area contributed by atoms with Gasteiger partial charge in [-0.3, -0.25) is 4.79 Å². The van der Waals surface area contributed by atoms with E-state index in [1.807, 2.05) is 13.8 Å². The maximum atomic E-state index is 11.6. The number of H-pyrrole nitrogens is 1. The molecular weight excluding hydrogens is 218 g/mol. The molecule has 17 heavy (non-hydrogen) atoms. The number of anilines is 1.